The highest BCUT2D eigenvalue weighted by atomic mass is 35.5. The van der Waals surface area contributed by atoms with Crippen LogP contribution in [0, 0.1) is 5.82 Å². The van der Waals surface area contributed by atoms with Crippen LogP contribution < -0.4 is 5.32 Å². The van der Waals surface area contributed by atoms with Crippen molar-refractivity contribution in [3.05, 3.63) is 52.8 Å². The second-order valence-electron chi connectivity index (χ2n) is 4.45. The second-order valence-corrected chi connectivity index (χ2v) is 4.88. The van der Waals surface area contributed by atoms with Crippen molar-refractivity contribution < 1.29 is 4.39 Å². The highest BCUT2D eigenvalue weighted by Crippen LogP contribution is 2.21. The van der Waals surface area contributed by atoms with Crippen LogP contribution in [0.15, 0.2) is 30.6 Å². The van der Waals surface area contributed by atoms with Crippen LogP contribution in [-0.2, 0) is 13.5 Å². The molecule has 1 atom stereocenters. The summed E-state index contributed by atoms with van der Waals surface area (Å²) in [6.45, 7) is 2.81. The van der Waals surface area contributed by atoms with Gasteiger partial charge in [0.15, 0.2) is 0 Å². The van der Waals surface area contributed by atoms with Crippen molar-refractivity contribution in [3.8, 4) is 0 Å². The number of hydrogen-bond acceptors (Lipinski definition) is 2. The molecule has 1 N–H and O–H groups in total. The van der Waals surface area contributed by atoms with Gasteiger partial charge < -0.3 is 9.88 Å². The van der Waals surface area contributed by atoms with Gasteiger partial charge >= 0.3 is 0 Å². The third-order valence-electron chi connectivity index (χ3n) is 3.05. The fourth-order valence-corrected chi connectivity index (χ4v) is 2.33. The largest absolute Gasteiger partial charge is 0.337 e. The lowest BCUT2D eigenvalue weighted by atomic mass is 10.0. The van der Waals surface area contributed by atoms with Crippen LogP contribution in [0.3, 0.4) is 0 Å². The molecule has 0 fully saturated rings. The molecule has 0 aliphatic heterocycles. The Morgan fingerprint density at radius 1 is 1.47 bits per heavy atom. The number of aryl methyl sites for hydroxylation is 1. The van der Waals surface area contributed by atoms with E-state index in [2.05, 4.69) is 10.3 Å². The van der Waals surface area contributed by atoms with E-state index < -0.39 is 0 Å². The minimum absolute atomic E-state index is 0.0297. The molecule has 5 heteroatoms. The van der Waals surface area contributed by atoms with Gasteiger partial charge in [-0.3, -0.25) is 0 Å². The van der Waals surface area contributed by atoms with E-state index >= 15 is 0 Å². The van der Waals surface area contributed by atoms with Gasteiger partial charge in [0.05, 0.1) is 6.04 Å². The molecule has 0 bridgehead atoms. The molecule has 0 saturated heterocycles. The normalized spacial score (nSPS) is 12.6. The zero-order valence-electron chi connectivity index (χ0n) is 11.0. The molecule has 3 nitrogen and oxygen atoms in total. The van der Waals surface area contributed by atoms with E-state index in [4.69, 9.17) is 11.6 Å². The van der Waals surface area contributed by atoms with Crippen LogP contribution in [0.25, 0.3) is 0 Å². The molecule has 1 aromatic heterocycles. The molecule has 1 aromatic carbocycles. The molecule has 2 aromatic rings. The summed E-state index contributed by atoms with van der Waals surface area (Å²) in [6, 6.07) is 4.60. The van der Waals surface area contributed by atoms with E-state index in [-0.39, 0.29) is 11.9 Å². The minimum Gasteiger partial charge on any atom is -0.337 e. The van der Waals surface area contributed by atoms with E-state index in [9.17, 15) is 4.39 Å². The second kappa shape index (κ2) is 6.17. The fraction of sp³-hybridized carbons (Fsp3) is 0.357. The van der Waals surface area contributed by atoms with Crippen molar-refractivity contribution in [1.29, 1.82) is 0 Å². The first-order valence-electron chi connectivity index (χ1n) is 6.26. The highest BCUT2D eigenvalue weighted by molar-refractivity contribution is 6.30. The Labute approximate surface area is 117 Å². The number of imidazole rings is 1. The van der Waals surface area contributed by atoms with Crippen LogP contribution in [0.1, 0.15) is 24.4 Å². The van der Waals surface area contributed by atoms with Crippen LogP contribution in [0.2, 0.25) is 5.02 Å². The van der Waals surface area contributed by atoms with Gasteiger partial charge in [0, 0.05) is 24.5 Å². The summed E-state index contributed by atoms with van der Waals surface area (Å²) < 4.78 is 15.7. The first-order chi connectivity index (χ1) is 9.11. The monoisotopic (exact) mass is 281 g/mol. The van der Waals surface area contributed by atoms with E-state index in [1.54, 1.807) is 18.3 Å². The topological polar surface area (TPSA) is 29.9 Å². The Hall–Kier alpha value is -1.39. The van der Waals surface area contributed by atoms with Crippen molar-refractivity contribution in [2.75, 3.05) is 6.54 Å². The quantitative estimate of drug-likeness (QED) is 0.913. The minimum atomic E-state index is -0.235. The maximum Gasteiger partial charge on any atom is 0.126 e. The number of aromatic nitrogens is 2. The van der Waals surface area contributed by atoms with Crippen molar-refractivity contribution >= 4 is 11.6 Å². The third kappa shape index (κ3) is 3.33. The van der Waals surface area contributed by atoms with Crippen LogP contribution in [-0.4, -0.2) is 16.1 Å². The summed E-state index contributed by atoms with van der Waals surface area (Å²) in [6.07, 6.45) is 4.15. The molecule has 0 amide bonds. The maximum atomic E-state index is 13.8. The lowest BCUT2D eigenvalue weighted by Gasteiger charge is -2.18. The number of rotatable bonds is 5. The Bertz CT molecular complexity index is 553. The summed E-state index contributed by atoms with van der Waals surface area (Å²) in [4.78, 5) is 4.33. The predicted octanol–water partition coefficient (Wildman–Crippen LogP) is 3.11. The average molecular weight is 282 g/mol. The van der Waals surface area contributed by atoms with Crippen molar-refractivity contribution in [2.45, 2.75) is 19.4 Å². The summed E-state index contributed by atoms with van der Waals surface area (Å²) >= 11 is 5.93. The van der Waals surface area contributed by atoms with Gasteiger partial charge in [-0.25, -0.2) is 9.37 Å². The Balaban J connectivity index is 2.26. The fourth-order valence-electron chi connectivity index (χ4n) is 2.13. The van der Waals surface area contributed by atoms with Gasteiger partial charge in [-0.2, -0.15) is 0 Å². The first-order valence-corrected chi connectivity index (χ1v) is 6.64. The smallest absolute Gasteiger partial charge is 0.126 e. The van der Waals surface area contributed by atoms with Crippen LogP contribution >= 0.6 is 11.6 Å². The Kier molecular flexibility index (Phi) is 4.56. The van der Waals surface area contributed by atoms with Crippen LogP contribution in [0.4, 0.5) is 4.39 Å². The zero-order valence-corrected chi connectivity index (χ0v) is 11.8. The van der Waals surface area contributed by atoms with E-state index in [0.717, 1.165) is 12.4 Å². The van der Waals surface area contributed by atoms with Gasteiger partial charge in [-0.05, 0) is 36.7 Å². The van der Waals surface area contributed by atoms with E-state index in [1.807, 2.05) is 24.7 Å². The zero-order chi connectivity index (χ0) is 13.8. The van der Waals surface area contributed by atoms with Crippen molar-refractivity contribution in [3.63, 3.8) is 0 Å². The average Bonchev–Trinajstić information content (AvgIpc) is 2.79. The van der Waals surface area contributed by atoms with E-state index in [0.29, 0.717) is 17.0 Å². The standard InChI is InChI=1S/C14H17ClFN3/c1-3-17-13(14-18-6-7-19(14)2)9-10-8-11(15)4-5-12(10)16/h4-8,13,17H,3,9H2,1-2H3. The Morgan fingerprint density at radius 2 is 2.26 bits per heavy atom. The molecule has 0 saturated carbocycles. The van der Waals surface area contributed by atoms with Crippen molar-refractivity contribution in [1.82, 2.24) is 14.9 Å². The summed E-state index contributed by atoms with van der Waals surface area (Å²) in [5, 5.41) is 3.88. The Morgan fingerprint density at radius 3 is 2.89 bits per heavy atom. The molecule has 0 spiro atoms. The summed E-state index contributed by atoms with van der Waals surface area (Å²) in [5.41, 5.74) is 0.599. The van der Waals surface area contributed by atoms with Gasteiger partial charge in [0.25, 0.3) is 0 Å². The molecule has 0 radical (unpaired) electrons. The van der Waals surface area contributed by atoms with Crippen LogP contribution in [0.5, 0.6) is 0 Å². The third-order valence-corrected chi connectivity index (χ3v) is 3.29. The molecule has 1 heterocycles. The van der Waals surface area contributed by atoms with Gasteiger partial charge in [-0.15, -0.1) is 0 Å². The SMILES string of the molecule is CCNC(Cc1cc(Cl)ccc1F)c1nccn1C. The number of likely N-dealkylation sites (N-methyl/N-ethyl adjacent to an activating group) is 1. The highest BCUT2D eigenvalue weighted by Gasteiger charge is 2.17. The number of hydrogen-bond donors (Lipinski definition) is 1. The molecular formula is C14H17ClFN3. The number of benzene rings is 1. The first kappa shape index (κ1) is 14.0. The lowest BCUT2D eigenvalue weighted by Crippen LogP contribution is -2.26. The molecule has 0 aliphatic carbocycles. The van der Waals surface area contributed by atoms with Crippen molar-refractivity contribution in [2.24, 2.45) is 7.05 Å². The molecule has 1 unspecified atom stereocenters. The summed E-state index contributed by atoms with van der Waals surface area (Å²) in [5.74, 6) is 0.655. The molecule has 2 rings (SSSR count). The molecular weight excluding hydrogens is 265 g/mol. The number of nitrogens with zero attached hydrogens (tertiary/aromatic N) is 2. The molecule has 19 heavy (non-hydrogen) atoms. The molecule has 102 valence electrons. The van der Waals surface area contributed by atoms with Gasteiger partial charge in [0.2, 0.25) is 0 Å². The number of halogens is 2. The maximum absolute atomic E-state index is 13.8. The predicted molar refractivity (Wildman–Crippen MR) is 74.7 cm³/mol. The van der Waals surface area contributed by atoms with E-state index in [1.165, 1.54) is 6.07 Å². The van der Waals surface area contributed by atoms with Gasteiger partial charge in [0.1, 0.15) is 11.6 Å². The number of nitrogens with one attached hydrogen (secondary N) is 1. The van der Waals surface area contributed by atoms with Gasteiger partial charge in [-0.1, -0.05) is 18.5 Å². The molecule has 0 aliphatic rings. The summed E-state index contributed by atoms with van der Waals surface area (Å²) in [7, 11) is 1.93. The lowest BCUT2D eigenvalue weighted by molar-refractivity contribution is 0.493.